The highest BCUT2D eigenvalue weighted by atomic mass is 19.1. The summed E-state index contributed by atoms with van der Waals surface area (Å²) in [7, 11) is 1.73. The minimum Gasteiger partial charge on any atom is -0.353 e. The van der Waals surface area contributed by atoms with Crippen molar-refractivity contribution in [2.75, 3.05) is 13.1 Å². The summed E-state index contributed by atoms with van der Waals surface area (Å²) < 4.78 is 19.2. The molecule has 4 aromatic rings. The summed E-state index contributed by atoms with van der Waals surface area (Å²) in [6, 6.07) is 9.31. The molecular weight excluding hydrogens is 455 g/mol. The lowest BCUT2D eigenvalue weighted by Gasteiger charge is -2.30. The molecule has 2 aliphatic rings. The summed E-state index contributed by atoms with van der Waals surface area (Å²) in [6.07, 6.45) is 8.23. The first-order valence-electron chi connectivity index (χ1n) is 12.9. The van der Waals surface area contributed by atoms with E-state index in [1.807, 2.05) is 12.3 Å². The Balaban J connectivity index is 1.41. The van der Waals surface area contributed by atoms with E-state index < -0.39 is 5.67 Å². The van der Waals surface area contributed by atoms with Crippen LogP contribution in [0.15, 0.2) is 47.7 Å². The van der Waals surface area contributed by atoms with Gasteiger partial charge in [0.2, 0.25) is 0 Å². The highest BCUT2D eigenvalue weighted by molar-refractivity contribution is 5.84. The molecule has 6 rings (SSSR count). The van der Waals surface area contributed by atoms with Crippen molar-refractivity contribution in [3.8, 4) is 5.69 Å². The zero-order valence-electron chi connectivity index (χ0n) is 21.2. The number of hydrogen-bond donors (Lipinski definition) is 1. The molecule has 1 saturated carbocycles. The van der Waals surface area contributed by atoms with Crippen molar-refractivity contribution < 1.29 is 4.39 Å². The Hall–Kier alpha value is -3.26. The zero-order chi connectivity index (χ0) is 25.0. The maximum atomic E-state index is 15.9. The van der Waals surface area contributed by atoms with Gasteiger partial charge >= 0.3 is 0 Å². The molecule has 4 heterocycles. The molecule has 2 atom stereocenters. The Morgan fingerprint density at radius 1 is 1.22 bits per heavy atom. The van der Waals surface area contributed by atoms with Gasteiger partial charge in [-0.25, -0.2) is 4.39 Å². The van der Waals surface area contributed by atoms with Crippen LogP contribution in [-0.2, 0) is 19.3 Å². The Morgan fingerprint density at radius 3 is 2.78 bits per heavy atom. The number of fused-ring (bicyclic) bond motifs is 1. The molecule has 1 unspecified atom stereocenters. The smallest absolute Gasteiger partial charge is 0.279 e. The van der Waals surface area contributed by atoms with Gasteiger partial charge < -0.3 is 9.55 Å². The molecule has 3 aromatic heterocycles. The van der Waals surface area contributed by atoms with Crippen molar-refractivity contribution in [3.63, 3.8) is 0 Å². The summed E-state index contributed by atoms with van der Waals surface area (Å²) in [5.41, 5.74) is 2.05. The maximum absolute atomic E-state index is 15.9. The van der Waals surface area contributed by atoms with Gasteiger partial charge in [-0.05, 0) is 80.3 Å². The van der Waals surface area contributed by atoms with Gasteiger partial charge in [0, 0.05) is 43.1 Å². The lowest BCUT2D eigenvalue weighted by Crippen LogP contribution is -2.33. The summed E-state index contributed by atoms with van der Waals surface area (Å²) >= 11 is 0. The summed E-state index contributed by atoms with van der Waals surface area (Å²) in [4.78, 5) is 19.7. The van der Waals surface area contributed by atoms with E-state index in [2.05, 4.69) is 33.1 Å². The Kier molecular flexibility index (Phi) is 5.59. The van der Waals surface area contributed by atoms with Crippen molar-refractivity contribution in [1.82, 2.24) is 29.2 Å². The van der Waals surface area contributed by atoms with Gasteiger partial charge in [0.15, 0.2) is 11.5 Å². The molecule has 1 N–H and O–H groups in total. The molecule has 8 heteroatoms. The van der Waals surface area contributed by atoms with Crippen molar-refractivity contribution in [2.45, 2.75) is 57.7 Å². The molecule has 0 amide bonds. The summed E-state index contributed by atoms with van der Waals surface area (Å²) in [5, 5.41) is 8.86. The third-order valence-electron chi connectivity index (χ3n) is 7.84. The van der Waals surface area contributed by atoms with Gasteiger partial charge in [-0.1, -0.05) is 19.1 Å². The molecule has 0 spiro atoms. The fraction of sp³-hybridized carbons (Fsp3) is 0.464. The SMILES string of the molecule is C[C@H]1CCCN(Cc2cc3c(C4CC4)cn(-c4cccc(C(C)(F)c5nncn5C)c4)c(=O)c3[nH]2)C1. The first-order valence-corrected chi connectivity index (χ1v) is 12.9. The zero-order valence-corrected chi connectivity index (χ0v) is 21.2. The van der Waals surface area contributed by atoms with Crippen LogP contribution in [-0.4, -0.2) is 42.3 Å². The third-order valence-corrected chi connectivity index (χ3v) is 7.84. The highest BCUT2D eigenvalue weighted by Gasteiger charge is 2.34. The first kappa shape index (κ1) is 23.2. The van der Waals surface area contributed by atoms with E-state index in [4.69, 9.17) is 0 Å². The Morgan fingerprint density at radius 2 is 2.06 bits per heavy atom. The van der Waals surface area contributed by atoms with Crippen molar-refractivity contribution in [1.29, 1.82) is 0 Å². The van der Waals surface area contributed by atoms with E-state index >= 15 is 4.39 Å². The molecule has 2 fully saturated rings. The van der Waals surface area contributed by atoms with Crippen LogP contribution in [0.5, 0.6) is 0 Å². The van der Waals surface area contributed by atoms with Crippen molar-refractivity contribution in [2.24, 2.45) is 13.0 Å². The number of rotatable bonds is 6. The average molecular weight is 489 g/mol. The lowest BCUT2D eigenvalue weighted by molar-refractivity contribution is 0.175. The summed E-state index contributed by atoms with van der Waals surface area (Å²) in [6.45, 7) is 6.81. The second-order valence-corrected chi connectivity index (χ2v) is 10.9. The molecule has 1 saturated heterocycles. The number of aromatic amines is 1. The lowest BCUT2D eigenvalue weighted by atomic mass is 9.96. The minimum atomic E-state index is -1.85. The molecule has 1 aromatic carbocycles. The summed E-state index contributed by atoms with van der Waals surface area (Å²) in [5.74, 6) is 1.39. The van der Waals surface area contributed by atoms with Crippen LogP contribution in [0.4, 0.5) is 4.39 Å². The number of aromatic nitrogens is 5. The number of nitrogens with zero attached hydrogens (tertiary/aromatic N) is 5. The fourth-order valence-corrected chi connectivity index (χ4v) is 5.75. The Bertz CT molecular complexity index is 1480. The van der Waals surface area contributed by atoms with Crippen LogP contribution < -0.4 is 5.56 Å². The number of benzene rings is 1. The standard InChI is InChI=1S/C28H33FN6O/c1-18-6-5-11-34(14-18)15-21-13-23-24(19-9-10-19)16-35(26(36)25(23)31-21)22-8-4-7-20(12-22)28(2,29)27-32-30-17-33(27)3/h4,7-8,12-13,16-19,31H,5-6,9-11,14-15H2,1-3H3/t18-,28?/m0/s1. The van der Waals surface area contributed by atoms with Crippen LogP contribution in [0.1, 0.15) is 68.1 Å². The number of nitrogens with one attached hydrogen (secondary N) is 1. The van der Waals surface area contributed by atoms with Gasteiger partial charge in [0.05, 0.1) is 0 Å². The van der Waals surface area contributed by atoms with Gasteiger partial charge in [-0.2, -0.15) is 0 Å². The van der Waals surface area contributed by atoms with Crippen molar-refractivity contribution >= 4 is 10.9 Å². The number of aryl methyl sites for hydroxylation is 1. The molecular formula is C28H33FN6O. The van der Waals surface area contributed by atoms with E-state index in [9.17, 15) is 4.79 Å². The molecule has 1 aliphatic carbocycles. The second kappa shape index (κ2) is 8.69. The van der Waals surface area contributed by atoms with Crippen LogP contribution in [0.25, 0.3) is 16.6 Å². The number of hydrogen-bond acceptors (Lipinski definition) is 4. The normalized spacial score (nSPS) is 20.6. The monoisotopic (exact) mass is 488 g/mol. The number of halogens is 1. The van der Waals surface area contributed by atoms with Gasteiger partial charge in [0.25, 0.3) is 5.56 Å². The molecule has 0 radical (unpaired) electrons. The van der Waals surface area contributed by atoms with Crippen LogP contribution in [0.3, 0.4) is 0 Å². The largest absolute Gasteiger partial charge is 0.353 e. The highest BCUT2D eigenvalue weighted by Crippen LogP contribution is 2.43. The quantitative estimate of drug-likeness (QED) is 0.424. The van der Waals surface area contributed by atoms with E-state index in [1.54, 1.807) is 34.4 Å². The van der Waals surface area contributed by atoms with Crippen LogP contribution >= 0.6 is 0 Å². The number of pyridine rings is 1. The predicted octanol–water partition coefficient (Wildman–Crippen LogP) is 4.79. The van der Waals surface area contributed by atoms with Gasteiger partial charge in [0.1, 0.15) is 11.8 Å². The molecule has 1 aliphatic heterocycles. The van der Waals surface area contributed by atoms with E-state index in [0.29, 0.717) is 28.6 Å². The van der Waals surface area contributed by atoms with Gasteiger partial charge in [-0.3, -0.25) is 14.3 Å². The van der Waals surface area contributed by atoms with E-state index in [1.165, 1.54) is 31.7 Å². The molecule has 0 bridgehead atoms. The molecule has 188 valence electrons. The average Bonchev–Trinajstić information content (AvgIpc) is 3.46. The maximum Gasteiger partial charge on any atom is 0.279 e. The third kappa shape index (κ3) is 4.07. The number of piperidine rings is 1. The fourth-order valence-electron chi connectivity index (χ4n) is 5.75. The number of alkyl halides is 1. The molecule has 7 nitrogen and oxygen atoms in total. The van der Waals surface area contributed by atoms with Gasteiger partial charge in [-0.15, -0.1) is 10.2 Å². The van der Waals surface area contributed by atoms with E-state index in [-0.39, 0.29) is 11.4 Å². The number of H-pyrrole nitrogens is 1. The molecule has 36 heavy (non-hydrogen) atoms. The first-order chi connectivity index (χ1) is 17.3. The number of likely N-dealkylation sites (tertiary alicyclic amines) is 1. The van der Waals surface area contributed by atoms with Crippen molar-refractivity contribution in [3.05, 3.63) is 75.9 Å². The predicted molar refractivity (Wildman–Crippen MR) is 138 cm³/mol. The van der Waals surface area contributed by atoms with Crippen LogP contribution in [0.2, 0.25) is 0 Å². The van der Waals surface area contributed by atoms with E-state index in [0.717, 1.165) is 43.6 Å². The topological polar surface area (TPSA) is 71.7 Å². The second-order valence-electron chi connectivity index (χ2n) is 10.9. The van der Waals surface area contributed by atoms with Crippen LogP contribution in [0, 0.1) is 5.92 Å². The Labute approximate surface area is 210 Å². The minimum absolute atomic E-state index is 0.107.